The highest BCUT2D eigenvalue weighted by atomic mass is 16.5. The molecule has 0 fully saturated rings. The summed E-state index contributed by atoms with van der Waals surface area (Å²) in [7, 11) is 0. The smallest absolute Gasteiger partial charge is 0.158 e. The quantitative estimate of drug-likeness (QED) is 0.251. The molecule has 2 N–H and O–H groups in total. The Labute approximate surface area is 198 Å². The first-order valence-electron chi connectivity index (χ1n) is 13.6. The first-order valence-corrected chi connectivity index (χ1v) is 13.6. The van der Waals surface area contributed by atoms with E-state index in [9.17, 15) is 5.11 Å². The van der Waals surface area contributed by atoms with Crippen molar-refractivity contribution in [1.82, 2.24) is 5.32 Å². The van der Waals surface area contributed by atoms with E-state index >= 15 is 0 Å². The van der Waals surface area contributed by atoms with Crippen LogP contribution in [0, 0.1) is 20.8 Å². The first kappa shape index (κ1) is 27.0. The minimum absolute atomic E-state index is 0.301. The predicted molar refractivity (Wildman–Crippen MR) is 138 cm³/mol. The zero-order valence-corrected chi connectivity index (χ0v) is 21.9. The number of benzene rings is 1. The molecular weight excluding hydrogens is 394 g/mol. The number of fused-ring (bicyclic) bond motifs is 1. The number of ether oxygens (including phenoxy) is 1. The van der Waals surface area contributed by atoms with Crippen molar-refractivity contribution in [3.8, 4) is 11.5 Å². The van der Waals surface area contributed by atoms with Crippen LogP contribution < -0.4 is 10.1 Å². The third-order valence-corrected chi connectivity index (χ3v) is 7.55. The van der Waals surface area contributed by atoms with Crippen LogP contribution in [0.15, 0.2) is 0 Å². The minimum atomic E-state index is -0.301. The monoisotopic (exact) mass is 445 g/mol. The lowest BCUT2D eigenvalue weighted by molar-refractivity contribution is 0.0291. The highest BCUT2D eigenvalue weighted by Crippen LogP contribution is 2.42. The van der Waals surface area contributed by atoms with Crippen molar-refractivity contribution in [3.05, 3.63) is 22.3 Å². The van der Waals surface area contributed by atoms with Crippen LogP contribution in [0.5, 0.6) is 11.5 Å². The van der Waals surface area contributed by atoms with Gasteiger partial charge in [0.2, 0.25) is 0 Å². The predicted octanol–water partition coefficient (Wildman–Crippen LogP) is 8.43. The number of rotatable bonds is 16. The summed E-state index contributed by atoms with van der Waals surface area (Å²) >= 11 is 0. The van der Waals surface area contributed by atoms with Crippen molar-refractivity contribution >= 4 is 0 Å². The number of phenols is 1. The highest BCUT2D eigenvalue weighted by molar-refractivity contribution is 5.58. The van der Waals surface area contributed by atoms with Crippen LogP contribution >= 0.6 is 0 Å². The summed E-state index contributed by atoms with van der Waals surface area (Å²) in [6.45, 7) is 11.5. The van der Waals surface area contributed by atoms with Gasteiger partial charge in [-0.25, -0.2) is 0 Å². The van der Waals surface area contributed by atoms with Gasteiger partial charge in [0, 0.05) is 12.0 Å². The summed E-state index contributed by atoms with van der Waals surface area (Å²) in [5.74, 6) is 1.42. The summed E-state index contributed by atoms with van der Waals surface area (Å²) in [6.07, 6.45) is 21.4. The van der Waals surface area contributed by atoms with Gasteiger partial charge in [0.05, 0.1) is 0 Å². The molecular formula is C29H51NO2. The van der Waals surface area contributed by atoms with Gasteiger partial charge in [-0.15, -0.1) is 0 Å². The summed E-state index contributed by atoms with van der Waals surface area (Å²) < 4.78 is 6.46. The molecule has 0 aliphatic carbocycles. The van der Waals surface area contributed by atoms with Gasteiger partial charge in [-0.2, -0.15) is 0 Å². The van der Waals surface area contributed by atoms with Gasteiger partial charge in [-0.05, 0) is 63.8 Å². The molecule has 0 unspecified atom stereocenters. The fraction of sp³-hybridized carbons (Fsp3) is 0.793. The van der Waals surface area contributed by atoms with Gasteiger partial charge in [-0.3, -0.25) is 5.32 Å². The average molecular weight is 446 g/mol. The lowest BCUT2D eigenvalue weighted by Gasteiger charge is -2.38. The van der Waals surface area contributed by atoms with Crippen molar-refractivity contribution in [3.63, 3.8) is 0 Å². The van der Waals surface area contributed by atoms with Crippen LogP contribution in [-0.2, 0) is 6.42 Å². The molecule has 1 aromatic rings. The Bertz CT molecular complexity index is 684. The Hall–Kier alpha value is -1.22. The van der Waals surface area contributed by atoms with Crippen LogP contribution in [0.3, 0.4) is 0 Å². The molecule has 0 saturated heterocycles. The molecule has 1 heterocycles. The maximum Gasteiger partial charge on any atom is 0.158 e. The maximum atomic E-state index is 10.4. The average Bonchev–Trinajstić information content (AvgIpc) is 2.78. The van der Waals surface area contributed by atoms with E-state index in [0.717, 1.165) is 41.8 Å². The van der Waals surface area contributed by atoms with E-state index in [4.69, 9.17) is 4.74 Å². The van der Waals surface area contributed by atoms with Crippen molar-refractivity contribution in [2.24, 2.45) is 0 Å². The molecule has 184 valence electrons. The Morgan fingerprint density at radius 2 is 1.25 bits per heavy atom. The Morgan fingerprint density at radius 3 is 1.78 bits per heavy atom. The first-order chi connectivity index (χ1) is 15.4. The number of unbranched alkanes of at least 4 members (excludes halogenated alkanes) is 13. The molecule has 0 radical (unpaired) electrons. The molecule has 0 aromatic heterocycles. The van der Waals surface area contributed by atoms with E-state index in [1.807, 2.05) is 13.8 Å². The second kappa shape index (κ2) is 14.1. The molecule has 0 amide bonds. The van der Waals surface area contributed by atoms with E-state index in [-0.39, 0.29) is 5.72 Å². The zero-order chi connectivity index (χ0) is 23.4. The summed E-state index contributed by atoms with van der Waals surface area (Å²) in [5.41, 5.74) is 3.88. The molecule has 0 spiro atoms. The number of hydrogen-bond donors (Lipinski definition) is 2. The standard InChI is InChI=1S/C29H51NO2/c1-6-7-8-9-10-11-12-13-14-15-16-17-18-19-22-30-29(5)21-20-26-25(4)27(31)23(2)24(3)28(26)32-29/h30-31H,6-22H2,1-5H3/t29-/m1/s1. The van der Waals surface area contributed by atoms with E-state index in [1.165, 1.54) is 95.5 Å². The fourth-order valence-electron chi connectivity index (χ4n) is 5.04. The van der Waals surface area contributed by atoms with E-state index in [2.05, 4.69) is 26.1 Å². The fourth-order valence-corrected chi connectivity index (χ4v) is 5.04. The van der Waals surface area contributed by atoms with Crippen molar-refractivity contribution in [1.29, 1.82) is 0 Å². The third-order valence-electron chi connectivity index (χ3n) is 7.55. The molecule has 1 atom stereocenters. The van der Waals surface area contributed by atoms with Crippen molar-refractivity contribution < 1.29 is 9.84 Å². The van der Waals surface area contributed by atoms with E-state index in [1.54, 1.807) is 0 Å². The maximum absolute atomic E-state index is 10.4. The molecule has 32 heavy (non-hydrogen) atoms. The number of nitrogens with one attached hydrogen (secondary N) is 1. The molecule has 2 rings (SSSR count). The molecule has 0 saturated carbocycles. The second-order valence-corrected chi connectivity index (χ2v) is 10.4. The van der Waals surface area contributed by atoms with Crippen LogP contribution in [0.2, 0.25) is 0 Å². The van der Waals surface area contributed by atoms with Crippen LogP contribution in [-0.4, -0.2) is 17.4 Å². The largest absolute Gasteiger partial charge is 0.507 e. The minimum Gasteiger partial charge on any atom is -0.507 e. The van der Waals surface area contributed by atoms with Crippen LogP contribution in [0.25, 0.3) is 0 Å². The number of aromatic hydroxyl groups is 1. The van der Waals surface area contributed by atoms with E-state index < -0.39 is 0 Å². The van der Waals surface area contributed by atoms with Gasteiger partial charge in [0.15, 0.2) is 5.72 Å². The number of hydrogen-bond acceptors (Lipinski definition) is 3. The van der Waals surface area contributed by atoms with Gasteiger partial charge >= 0.3 is 0 Å². The lowest BCUT2D eigenvalue weighted by Crippen LogP contribution is -2.50. The summed E-state index contributed by atoms with van der Waals surface area (Å²) in [4.78, 5) is 0. The molecule has 1 aliphatic rings. The highest BCUT2D eigenvalue weighted by Gasteiger charge is 2.33. The van der Waals surface area contributed by atoms with Crippen molar-refractivity contribution in [2.75, 3.05) is 6.54 Å². The van der Waals surface area contributed by atoms with E-state index in [0.29, 0.717) is 5.75 Å². The third kappa shape index (κ3) is 8.28. The Kier molecular flexibility index (Phi) is 11.9. The topological polar surface area (TPSA) is 41.5 Å². The molecule has 1 aliphatic heterocycles. The summed E-state index contributed by atoms with van der Waals surface area (Å²) in [6, 6.07) is 0. The molecule has 3 heteroatoms. The Morgan fingerprint density at radius 1 is 0.750 bits per heavy atom. The molecule has 3 nitrogen and oxygen atoms in total. The van der Waals surface area contributed by atoms with Gasteiger partial charge in [-0.1, -0.05) is 90.4 Å². The second-order valence-electron chi connectivity index (χ2n) is 10.4. The number of phenolic OH excluding ortho intramolecular Hbond substituents is 1. The van der Waals surface area contributed by atoms with Gasteiger partial charge in [0.1, 0.15) is 11.5 Å². The molecule has 0 bridgehead atoms. The Balaban J connectivity index is 1.53. The SMILES string of the molecule is CCCCCCCCCCCCCCCCN[C@@]1(C)CCc2c(C)c(O)c(C)c(C)c2O1. The molecule has 1 aromatic carbocycles. The lowest BCUT2D eigenvalue weighted by atomic mass is 9.90. The van der Waals surface area contributed by atoms with Crippen molar-refractivity contribution in [2.45, 2.75) is 143 Å². The zero-order valence-electron chi connectivity index (χ0n) is 21.9. The van der Waals surface area contributed by atoms with Crippen LogP contribution in [0.4, 0.5) is 0 Å². The van der Waals surface area contributed by atoms with Gasteiger partial charge < -0.3 is 9.84 Å². The normalized spacial score (nSPS) is 17.9. The summed E-state index contributed by atoms with van der Waals surface area (Å²) in [5, 5.41) is 14.0. The van der Waals surface area contributed by atoms with Gasteiger partial charge in [0.25, 0.3) is 0 Å². The van der Waals surface area contributed by atoms with Crippen LogP contribution in [0.1, 0.15) is 132 Å².